The normalized spacial score (nSPS) is 15.2. The first-order chi connectivity index (χ1) is 11.1. The predicted molar refractivity (Wildman–Crippen MR) is 84.3 cm³/mol. The van der Waals surface area contributed by atoms with Crippen LogP contribution in [-0.4, -0.2) is 28.8 Å². The number of ether oxygens (including phenoxy) is 1. The number of benzene rings is 1. The molecular weight excluding hydrogens is 366 g/mol. The summed E-state index contributed by atoms with van der Waals surface area (Å²) in [7, 11) is 0. The van der Waals surface area contributed by atoms with Crippen molar-refractivity contribution < 1.29 is 18.8 Å². The van der Waals surface area contributed by atoms with Gasteiger partial charge >= 0.3 is 0 Å². The lowest BCUT2D eigenvalue weighted by Gasteiger charge is -2.16. The maximum Gasteiger partial charge on any atom is 0.284 e. The van der Waals surface area contributed by atoms with Gasteiger partial charge in [0, 0.05) is 4.47 Å². The predicted octanol–water partition coefficient (Wildman–Crippen LogP) is 2.72. The molecule has 0 saturated heterocycles. The fourth-order valence-electron chi connectivity index (χ4n) is 1.90. The number of halogens is 1. The van der Waals surface area contributed by atoms with Gasteiger partial charge in [-0.1, -0.05) is 15.9 Å². The minimum atomic E-state index is -0.725. The van der Waals surface area contributed by atoms with E-state index in [9.17, 15) is 4.79 Å². The highest BCUT2D eigenvalue weighted by Gasteiger charge is 2.23. The van der Waals surface area contributed by atoms with Crippen molar-refractivity contribution in [1.82, 2.24) is 15.7 Å². The van der Waals surface area contributed by atoms with Crippen LogP contribution in [0.3, 0.4) is 0 Å². The molecule has 1 aromatic carbocycles. The monoisotopic (exact) mass is 381 g/mol. The molecule has 1 saturated carbocycles. The maximum absolute atomic E-state index is 12.0. The first kappa shape index (κ1) is 15.9. The molecule has 1 amide bonds. The Bertz CT molecular complexity index is 673. The van der Waals surface area contributed by atoms with E-state index >= 15 is 0 Å². The molecule has 0 bridgehead atoms. The van der Waals surface area contributed by atoms with Gasteiger partial charge in [0.05, 0.1) is 12.2 Å². The van der Waals surface area contributed by atoms with E-state index in [1.54, 1.807) is 19.1 Å². The Morgan fingerprint density at radius 1 is 1.52 bits per heavy atom. The van der Waals surface area contributed by atoms with Gasteiger partial charge in [-0.2, -0.15) is 0 Å². The van der Waals surface area contributed by atoms with Crippen LogP contribution in [0.4, 0.5) is 0 Å². The van der Waals surface area contributed by atoms with Crippen LogP contribution in [-0.2, 0) is 9.63 Å². The lowest BCUT2D eigenvalue weighted by atomic mass is 10.2. The number of carbonyl (C=O) groups excluding carboxylic acids is 1. The quantitative estimate of drug-likeness (QED) is 0.741. The van der Waals surface area contributed by atoms with Crippen molar-refractivity contribution in [3.8, 4) is 17.2 Å². The van der Waals surface area contributed by atoms with Crippen molar-refractivity contribution in [3.05, 3.63) is 29.1 Å². The number of carbonyl (C=O) groups is 1. The summed E-state index contributed by atoms with van der Waals surface area (Å²) >= 11 is 3.39. The van der Waals surface area contributed by atoms with Gasteiger partial charge in [0.2, 0.25) is 6.39 Å². The van der Waals surface area contributed by atoms with Crippen molar-refractivity contribution >= 4 is 21.8 Å². The van der Waals surface area contributed by atoms with Crippen molar-refractivity contribution in [2.75, 3.05) is 6.61 Å². The Morgan fingerprint density at radius 3 is 3.04 bits per heavy atom. The van der Waals surface area contributed by atoms with Gasteiger partial charge in [-0.05, 0) is 43.9 Å². The smallest absolute Gasteiger partial charge is 0.284 e. The van der Waals surface area contributed by atoms with E-state index in [0.717, 1.165) is 17.3 Å². The van der Waals surface area contributed by atoms with Crippen LogP contribution in [0.15, 0.2) is 33.5 Å². The molecule has 122 valence electrons. The van der Waals surface area contributed by atoms with Crippen LogP contribution in [0, 0.1) is 5.92 Å². The first-order valence-electron chi connectivity index (χ1n) is 7.28. The first-order valence-corrected chi connectivity index (χ1v) is 8.07. The van der Waals surface area contributed by atoms with Gasteiger partial charge in [0.25, 0.3) is 11.8 Å². The van der Waals surface area contributed by atoms with Crippen LogP contribution in [0.2, 0.25) is 0 Å². The second-order valence-corrected chi connectivity index (χ2v) is 6.28. The van der Waals surface area contributed by atoms with Gasteiger partial charge in [0.1, 0.15) is 5.75 Å². The Labute approximate surface area is 141 Å². The highest BCUT2D eigenvalue weighted by Crippen LogP contribution is 2.32. The van der Waals surface area contributed by atoms with Gasteiger partial charge in [-0.15, -0.1) is 10.2 Å². The third kappa shape index (κ3) is 4.29. The second kappa shape index (κ2) is 7.10. The minimum absolute atomic E-state index is 0.318. The molecule has 3 rings (SSSR count). The zero-order valence-corrected chi connectivity index (χ0v) is 14.1. The maximum atomic E-state index is 12.0. The molecule has 1 fully saturated rings. The molecule has 8 heteroatoms. The van der Waals surface area contributed by atoms with E-state index in [-0.39, 0.29) is 5.91 Å². The van der Waals surface area contributed by atoms with E-state index in [2.05, 4.69) is 31.6 Å². The molecule has 0 unspecified atom stereocenters. The van der Waals surface area contributed by atoms with Crippen LogP contribution < -0.4 is 10.2 Å². The molecular formula is C15H16BrN3O4. The zero-order valence-electron chi connectivity index (χ0n) is 12.5. The number of amides is 1. The summed E-state index contributed by atoms with van der Waals surface area (Å²) in [4.78, 5) is 17.2. The fourth-order valence-corrected chi connectivity index (χ4v) is 2.27. The summed E-state index contributed by atoms with van der Waals surface area (Å²) in [5.74, 6) is 1.02. The van der Waals surface area contributed by atoms with Gasteiger partial charge in [-0.25, -0.2) is 5.48 Å². The summed E-state index contributed by atoms with van der Waals surface area (Å²) < 4.78 is 11.8. The summed E-state index contributed by atoms with van der Waals surface area (Å²) in [6.45, 7) is 2.19. The Morgan fingerprint density at radius 2 is 2.35 bits per heavy atom. The molecule has 0 aliphatic heterocycles. The number of nitrogens with one attached hydrogen (secondary N) is 1. The standard InChI is InChI=1S/C15H16BrN3O4/c1-9(14(20)19-22-7-10-2-3-10)23-13-5-4-11(16)6-12(13)15-18-17-8-21-15/h4-6,8-10H,2-3,7H2,1H3,(H,19,20)/t9-/m0/s1. The molecule has 2 aromatic rings. The van der Waals surface area contributed by atoms with Crippen LogP contribution in [0.1, 0.15) is 19.8 Å². The van der Waals surface area contributed by atoms with Crippen molar-refractivity contribution in [2.45, 2.75) is 25.9 Å². The molecule has 1 aromatic heterocycles. The molecule has 1 atom stereocenters. The number of rotatable bonds is 7. The molecule has 0 spiro atoms. The van der Waals surface area contributed by atoms with E-state index < -0.39 is 6.10 Å². The number of hydrogen-bond acceptors (Lipinski definition) is 6. The number of hydrogen-bond donors (Lipinski definition) is 1. The van der Waals surface area contributed by atoms with E-state index in [0.29, 0.717) is 29.7 Å². The molecule has 1 aliphatic carbocycles. The van der Waals surface area contributed by atoms with E-state index in [1.165, 1.54) is 6.39 Å². The highest BCUT2D eigenvalue weighted by atomic mass is 79.9. The average molecular weight is 382 g/mol. The number of nitrogens with zero attached hydrogens (tertiary/aromatic N) is 2. The lowest BCUT2D eigenvalue weighted by molar-refractivity contribution is -0.140. The van der Waals surface area contributed by atoms with Crippen molar-refractivity contribution in [3.63, 3.8) is 0 Å². The number of aromatic nitrogens is 2. The minimum Gasteiger partial charge on any atom is -0.480 e. The highest BCUT2D eigenvalue weighted by molar-refractivity contribution is 9.10. The van der Waals surface area contributed by atoms with Gasteiger partial charge in [-0.3, -0.25) is 9.63 Å². The Hall–Kier alpha value is -1.93. The average Bonchev–Trinajstić information content (AvgIpc) is 3.20. The van der Waals surface area contributed by atoms with Gasteiger partial charge < -0.3 is 9.15 Å². The molecule has 1 aliphatic rings. The topological polar surface area (TPSA) is 86.5 Å². The van der Waals surface area contributed by atoms with E-state index in [1.807, 2.05) is 6.07 Å². The summed E-state index contributed by atoms with van der Waals surface area (Å²) in [5.41, 5.74) is 3.02. The largest absolute Gasteiger partial charge is 0.480 e. The second-order valence-electron chi connectivity index (χ2n) is 5.37. The SMILES string of the molecule is C[C@H](Oc1ccc(Br)cc1-c1nnco1)C(=O)NOCC1CC1. The van der Waals surface area contributed by atoms with Crippen molar-refractivity contribution in [2.24, 2.45) is 5.92 Å². The van der Waals surface area contributed by atoms with Crippen LogP contribution in [0.25, 0.3) is 11.5 Å². The zero-order chi connectivity index (χ0) is 16.2. The Balaban J connectivity index is 1.65. The lowest BCUT2D eigenvalue weighted by Crippen LogP contribution is -2.36. The fraction of sp³-hybridized carbons (Fsp3) is 0.400. The number of hydroxylamine groups is 1. The molecule has 1 N–H and O–H groups in total. The third-order valence-electron chi connectivity index (χ3n) is 3.39. The van der Waals surface area contributed by atoms with Crippen LogP contribution in [0.5, 0.6) is 5.75 Å². The summed E-state index contributed by atoms with van der Waals surface area (Å²) in [5, 5.41) is 7.53. The van der Waals surface area contributed by atoms with Crippen LogP contribution >= 0.6 is 15.9 Å². The molecule has 0 radical (unpaired) electrons. The Kier molecular flexibility index (Phi) is 4.92. The molecule has 23 heavy (non-hydrogen) atoms. The summed E-state index contributed by atoms with van der Waals surface area (Å²) in [6.07, 6.45) is 2.84. The molecule has 1 heterocycles. The van der Waals surface area contributed by atoms with Crippen molar-refractivity contribution in [1.29, 1.82) is 0 Å². The van der Waals surface area contributed by atoms with Gasteiger partial charge in [0.15, 0.2) is 6.10 Å². The van der Waals surface area contributed by atoms with E-state index in [4.69, 9.17) is 14.0 Å². The third-order valence-corrected chi connectivity index (χ3v) is 3.89. The summed E-state index contributed by atoms with van der Waals surface area (Å²) in [6, 6.07) is 5.33. The molecule has 7 nitrogen and oxygen atoms in total.